The van der Waals surface area contributed by atoms with Gasteiger partial charge in [0.25, 0.3) is 0 Å². The highest BCUT2D eigenvalue weighted by molar-refractivity contribution is 7.80. The van der Waals surface area contributed by atoms with E-state index in [1.54, 1.807) is 0 Å². The number of ether oxygens (including phenoxy) is 2. The summed E-state index contributed by atoms with van der Waals surface area (Å²) >= 11 is 0. The van der Waals surface area contributed by atoms with E-state index in [4.69, 9.17) is 20.0 Å². The maximum atomic E-state index is 11.5. The van der Waals surface area contributed by atoms with Crippen molar-refractivity contribution in [2.75, 3.05) is 6.79 Å². The van der Waals surface area contributed by atoms with Gasteiger partial charge in [-0.3, -0.25) is 9.44 Å². The summed E-state index contributed by atoms with van der Waals surface area (Å²) in [7, 11) is -5.05. The molecule has 9 atom stereocenters. The maximum absolute atomic E-state index is 11.5. The van der Waals surface area contributed by atoms with E-state index in [0.717, 1.165) is 0 Å². The minimum Gasteiger partial charge on any atom is -0.429 e. The van der Waals surface area contributed by atoms with Crippen molar-refractivity contribution in [1.29, 1.82) is 0 Å². The predicted molar refractivity (Wildman–Crippen MR) is 165 cm³/mol. The molecule has 282 valence electrons. The van der Waals surface area contributed by atoms with Crippen LogP contribution >= 0.6 is 0 Å². The van der Waals surface area contributed by atoms with Crippen LogP contribution in [0.2, 0.25) is 0 Å². The molecule has 0 amide bonds. The van der Waals surface area contributed by atoms with Crippen LogP contribution in [0.1, 0.15) is 106 Å². The summed E-state index contributed by atoms with van der Waals surface area (Å²) in [5.41, 5.74) is -0.481. The fraction of sp³-hybridized carbons (Fsp3) is 0.966. The number of aliphatic hydroxyl groups excluding tert-OH is 6. The van der Waals surface area contributed by atoms with Gasteiger partial charge in [-0.15, -0.1) is 0 Å². The van der Waals surface area contributed by atoms with Gasteiger partial charge >= 0.3 is 16.6 Å². The molecule has 0 aliphatic heterocycles. The highest BCUT2D eigenvalue weighted by atomic mass is 32.3. The summed E-state index contributed by atoms with van der Waals surface area (Å²) in [5, 5.41) is 80.3. The number of carbonyl (C=O) groups is 1. The second-order valence-corrected chi connectivity index (χ2v) is 15.6. The summed E-state index contributed by atoms with van der Waals surface area (Å²) in [6.07, 6.45) is -13.5. The van der Waals surface area contributed by atoms with E-state index >= 15 is 0 Å². The Kier molecular flexibility index (Phi) is 21.2. The molecule has 0 spiro atoms. The molecule has 0 aromatic carbocycles. The van der Waals surface area contributed by atoms with Crippen LogP contribution in [0.15, 0.2) is 0 Å². The molecule has 0 aliphatic carbocycles. The van der Waals surface area contributed by atoms with Crippen molar-refractivity contribution in [1.82, 2.24) is 0 Å². The molecule has 0 aromatic heterocycles. The molecular weight excluding hydrogens is 652 g/mol. The second kappa shape index (κ2) is 21.7. The fourth-order valence-corrected chi connectivity index (χ4v) is 5.97. The molecule has 0 saturated heterocycles. The molecule has 0 aromatic rings. The van der Waals surface area contributed by atoms with E-state index in [2.05, 4.69) is 14.0 Å². The molecule has 0 heterocycles. The summed E-state index contributed by atoms with van der Waals surface area (Å²) < 4.78 is 47.1. The van der Waals surface area contributed by atoms with Crippen molar-refractivity contribution >= 4 is 16.6 Å². The zero-order valence-corrected chi connectivity index (χ0v) is 29.0. The molecule has 0 saturated carbocycles. The van der Waals surface area contributed by atoms with Crippen LogP contribution in [0.4, 0.5) is 4.79 Å². The largest absolute Gasteiger partial charge is 0.540 e. The van der Waals surface area contributed by atoms with Crippen molar-refractivity contribution in [3.05, 3.63) is 0 Å². The monoisotopic (exact) mass is 710 g/mol. The van der Waals surface area contributed by atoms with Crippen molar-refractivity contribution in [3.63, 3.8) is 0 Å². The molecular formula is C29H58O17S. The summed E-state index contributed by atoms with van der Waals surface area (Å²) in [4.78, 5) is 18.9. The molecule has 0 bridgehead atoms. The number of aliphatic hydroxyl groups is 6. The standard InChI is InChI=1S/C29H58O17S/c1-28(2,3)15-22(34)13-24(42-17-43-37)9-18(30)7-20(32)11-26(46-47(39,40)41)12-21(33)8-19(31)10-25(44-27(36)45-38)14-23(35)16-29(4,5)6/h18-26,30-35,37-38H,7-17H2,1-6H3,(H,39,40,41). The van der Waals surface area contributed by atoms with Crippen molar-refractivity contribution < 1.29 is 82.4 Å². The molecule has 18 heteroatoms. The first-order valence-electron chi connectivity index (χ1n) is 15.5. The third-order valence-electron chi connectivity index (χ3n) is 6.95. The molecule has 0 radical (unpaired) electrons. The quantitative estimate of drug-likeness (QED) is 0.0228. The summed E-state index contributed by atoms with van der Waals surface area (Å²) in [5.74, 6) is 0. The average molecular weight is 711 g/mol. The topological polar surface area (TPSA) is 279 Å². The van der Waals surface area contributed by atoms with Crippen LogP contribution < -0.4 is 0 Å². The smallest absolute Gasteiger partial charge is 0.429 e. The van der Waals surface area contributed by atoms with Crippen LogP contribution in [0.5, 0.6) is 0 Å². The van der Waals surface area contributed by atoms with Crippen molar-refractivity contribution in [2.45, 2.75) is 161 Å². The van der Waals surface area contributed by atoms with E-state index in [1.807, 2.05) is 41.5 Å². The second-order valence-electron chi connectivity index (χ2n) is 14.6. The lowest BCUT2D eigenvalue weighted by Gasteiger charge is -2.28. The number of rotatable bonds is 24. The van der Waals surface area contributed by atoms with E-state index in [0.29, 0.717) is 12.8 Å². The highest BCUT2D eigenvalue weighted by Gasteiger charge is 2.30. The molecule has 9 unspecified atom stereocenters. The van der Waals surface area contributed by atoms with E-state index in [-0.39, 0.29) is 42.9 Å². The lowest BCUT2D eigenvalue weighted by atomic mass is 9.86. The first-order valence-corrected chi connectivity index (χ1v) is 16.9. The van der Waals surface area contributed by atoms with Gasteiger partial charge in [-0.2, -0.15) is 13.7 Å². The van der Waals surface area contributed by atoms with Gasteiger partial charge in [-0.05, 0) is 49.4 Å². The normalized spacial score (nSPS) is 18.8. The van der Waals surface area contributed by atoms with Gasteiger partial charge in [0.05, 0.1) is 48.8 Å². The van der Waals surface area contributed by atoms with Crippen LogP contribution in [0.3, 0.4) is 0 Å². The Morgan fingerprint density at radius 1 is 0.596 bits per heavy atom. The van der Waals surface area contributed by atoms with E-state index in [1.165, 1.54) is 0 Å². The number of carbonyl (C=O) groups excluding carboxylic acids is 1. The van der Waals surface area contributed by atoms with Crippen LogP contribution in [-0.2, 0) is 33.8 Å². The van der Waals surface area contributed by atoms with Gasteiger partial charge < -0.3 is 40.1 Å². The Morgan fingerprint density at radius 3 is 1.32 bits per heavy atom. The minimum absolute atomic E-state index is 0.0828. The highest BCUT2D eigenvalue weighted by Crippen LogP contribution is 2.27. The summed E-state index contributed by atoms with van der Waals surface area (Å²) in [6, 6.07) is 0. The van der Waals surface area contributed by atoms with Crippen LogP contribution in [0, 0.1) is 10.8 Å². The molecule has 47 heavy (non-hydrogen) atoms. The van der Waals surface area contributed by atoms with Crippen LogP contribution in [0.25, 0.3) is 0 Å². The van der Waals surface area contributed by atoms with Crippen LogP contribution in [-0.4, -0.2) is 122 Å². The predicted octanol–water partition coefficient (Wildman–Crippen LogP) is 2.16. The van der Waals surface area contributed by atoms with Gasteiger partial charge in [-0.25, -0.2) is 19.1 Å². The zero-order valence-electron chi connectivity index (χ0n) is 28.2. The number of hydrogen-bond donors (Lipinski definition) is 9. The third-order valence-corrected chi connectivity index (χ3v) is 7.46. The first kappa shape index (κ1) is 45.7. The van der Waals surface area contributed by atoms with Gasteiger partial charge in [0.2, 0.25) is 0 Å². The van der Waals surface area contributed by atoms with Gasteiger partial charge in [0.1, 0.15) is 6.10 Å². The van der Waals surface area contributed by atoms with E-state index in [9.17, 15) is 48.4 Å². The SMILES string of the molecule is CC(C)(C)CC(O)CC(CC(O)CC(O)CC(CC(O)CC(O)CC(CC(O)CC(C)(C)C)OC(=O)OO)OS(=O)(=O)O)OCOO. The van der Waals surface area contributed by atoms with Gasteiger partial charge in [0.15, 0.2) is 6.79 Å². The Labute approximate surface area is 277 Å². The molecule has 17 nitrogen and oxygen atoms in total. The molecule has 0 fully saturated rings. The molecule has 0 rings (SSSR count). The van der Waals surface area contributed by atoms with Crippen molar-refractivity contribution in [2.24, 2.45) is 10.8 Å². The zero-order chi connectivity index (χ0) is 36.6. The molecule has 9 N–H and O–H groups in total. The molecule has 0 aliphatic rings. The lowest BCUT2D eigenvalue weighted by molar-refractivity contribution is -0.306. The third kappa shape index (κ3) is 26.3. The Hall–Kier alpha value is -1.26. The first-order chi connectivity index (χ1) is 21.4. The minimum atomic E-state index is -5.05. The Balaban J connectivity index is 5.33. The summed E-state index contributed by atoms with van der Waals surface area (Å²) in [6.45, 7) is 10.9. The lowest BCUT2D eigenvalue weighted by Crippen LogP contribution is -2.34. The van der Waals surface area contributed by atoms with Gasteiger partial charge in [0, 0.05) is 25.7 Å². The maximum Gasteiger partial charge on any atom is 0.540 e. The Morgan fingerprint density at radius 2 is 0.957 bits per heavy atom. The average Bonchev–Trinajstić information content (AvgIpc) is 2.83. The van der Waals surface area contributed by atoms with Gasteiger partial charge in [-0.1, -0.05) is 41.5 Å². The van der Waals surface area contributed by atoms with Crippen molar-refractivity contribution in [3.8, 4) is 0 Å². The Bertz CT molecular complexity index is 951. The fourth-order valence-electron chi connectivity index (χ4n) is 5.47. The number of hydrogen-bond acceptors (Lipinski definition) is 16. The van der Waals surface area contributed by atoms with E-state index < -0.39 is 97.5 Å².